The van der Waals surface area contributed by atoms with E-state index >= 15 is 0 Å². The zero-order valence-electron chi connectivity index (χ0n) is 6.98. The van der Waals surface area contributed by atoms with Crippen molar-refractivity contribution in [2.24, 2.45) is 0 Å². The van der Waals surface area contributed by atoms with Crippen molar-refractivity contribution < 1.29 is 4.74 Å². The van der Waals surface area contributed by atoms with E-state index in [1.54, 1.807) is 18.7 Å². The molecule has 1 rings (SSSR count). The second-order valence-corrected chi connectivity index (χ2v) is 3.64. The van der Waals surface area contributed by atoms with Gasteiger partial charge in [0, 0.05) is 5.02 Å². The monoisotopic (exact) mass is 237 g/mol. The molecule has 13 heavy (non-hydrogen) atoms. The lowest BCUT2D eigenvalue weighted by Crippen LogP contribution is -1.90. The normalized spacial score (nSPS) is 10.2. The number of hydrogen-bond acceptors (Lipinski definition) is 1. The summed E-state index contributed by atoms with van der Waals surface area (Å²) in [6, 6.07) is 3.18. The molecule has 0 unspecified atom stereocenters. The van der Waals surface area contributed by atoms with Crippen molar-refractivity contribution in [2.45, 2.75) is 13.3 Å². The first-order chi connectivity index (χ1) is 6.15. The van der Waals surface area contributed by atoms with Crippen molar-refractivity contribution in [1.82, 2.24) is 0 Å². The van der Waals surface area contributed by atoms with Gasteiger partial charge < -0.3 is 4.74 Å². The molecule has 0 amide bonds. The molecule has 0 spiro atoms. The Kier molecular flexibility index (Phi) is 4.17. The van der Waals surface area contributed by atoms with Crippen molar-refractivity contribution in [3.8, 4) is 5.75 Å². The standard InChI is InChI=1S/C9H8Cl3O/c1-2-3-13-9-7(11)4-6(10)5-8(9)12/h3-5H,2H2,1H3. The summed E-state index contributed by atoms with van der Waals surface area (Å²) in [4.78, 5) is 0. The predicted octanol–water partition coefficient (Wildman–Crippen LogP) is 4.60. The van der Waals surface area contributed by atoms with E-state index in [0.29, 0.717) is 20.8 Å². The lowest BCUT2D eigenvalue weighted by Gasteiger charge is -2.08. The van der Waals surface area contributed by atoms with Gasteiger partial charge in [-0.05, 0) is 18.6 Å². The first kappa shape index (κ1) is 11.0. The summed E-state index contributed by atoms with van der Waals surface area (Å²) >= 11 is 17.4. The van der Waals surface area contributed by atoms with Crippen LogP contribution in [0.4, 0.5) is 0 Å². The molecule has 0 aliphatic heterocycles. The smallest absolute Gasteiger partial charge is 0.157 e. The number of halogens is 3. The van der Waals surface area contributed by atoms with Crippen molar-refractivity contribution >= 4 is 34.8 Å². The van der Waals surface area contributed by atoms with Crippen LogP contribution in [-0.4, -0.2) is 0 Å². The summed E-state index contributed by atoms with van der Waals surface area (Å²) in [6.07, 6.45) is 0.787. The Morgan fingerprint density at radius 2 is 1.77 bits per heavy atom. The molecule has 0 bridgehead atoms. The lowest BCUT2D eigenvalue weighted by molar-refractivity contribution is 0.398. The number of benzene rings is 1. The minimum Gasteiger partial charge on any atom is -0.483 e. The topological polar surface area (TPSA) is 9.23 Å². The fourth-order valence-electron chi connectivity index (χ4n) is 0.808. The van der Waals surface area contributed by atoms with E-state index in [1.807, 2.05) is 6.92 Å². The zero-order valence-corrected chi connectivity index (χ0v) is 9.25. The molecule has 0 aromatic heterocycles. The maximum absolute atomic E-state index is 5.86. The fraction of sp³-hybridized carbons (Fsp3) is 0.222. The van der Waals surface area contributed by atoms with Gasteiger partial charge in [-0.25, -0.2) is 0 Å². The van der Waals surface area contributed by atoms with Crippen LogP contribution in [0.3, 0.4) is 0 Å². The van der Waals surface area contributed by atoms with E-state index in [0.717, 1.165) is 6.42 Å². The summed E-state index contributed by atoms with van der Waals surface area (Å²) in [7, 11) is 0. The molecule has 0 aliphatic rings. The van der Waals surface area contributed by atoms with Crippen LogP contribution in [0.5, 0.6) is 5.75 Å². The molecule has 4 heteroatoms. The summed E-state index contributed by atoms with van der Waals surface area (Å²) in [5.74, 6) is 0.453. The minimum absolute atomic E-state index is 0.419. The molecule has 0 saturated carbocycles. The molecule has 0 saturated heterocycles. The summed E-state index contributed by atoms with van der Waals surface area (Å²) in [5.41, 5.74) is 0. The molecule has 0 heterocycles. The molecular weight excluding hydrogens is 230 g/mol. The van der Waals surface area contributed by atoms with Gasteiger partial charge >= 0.3 is 0 Å². The van der Waals surface area contributed by atoms with Crippen LogP contribution >= 0.6 is 34.8 Å². The van der Waals surface area contributed by atoms with E-state index in [2.05, 4.69) is 0 Å². The van der Waals surface area contributed by atoms with Crippen molar-refractivity contribution in [1.29, 1.82) is 0 Å². The third-order valence-electron chi connectivity index (χ3n) is 1.33. The fourth-order valence-corrected chi connectivity index (χ4v) is 1.71. The Labute approximate surface area is 92.5 Å². The Bertz CT molecular complexity index is 276. The molecule has 1 nitrogen and oxygen atoms in total. The Balaban J connectivity index is 2.92. The van der Waals surface area contributed by atoms with Gasteiger partial charge in [-0.2, -0.15) is 0 Å². The quantitative estimate of drug-likeness (QED) is 0.748. The highest BCUT2D eigenvalue weighted by atomic mass is 35.5. The average molecular weight is 239 g/mol. The first-order valence-electron chi connectivity index (χ1n) is 3.78. The van der Waals surface area contributed by atoms with Gasteiger partial charge in [0.1, 0.15) is 6.61 Å². The molecule has 0 atom stereocenters. The summed E-state index contributed by atoms with van der Waals surface area (Å²) < 4.78 is 5.22. The van der Waals surface area contributed by atoms with E-state index < -0.39 is 0 Å². The third kappa shape index (κ3) is 2.94. The summed E-state index contributed by atoms with van der Waals surface area (Å²) in [5, 5.41) is 1.34. The number of hydrogen-bond donors (Lipinski definition) is 0. The van der Waals surface area contributed by atoms with Gasteiger partial charge in [0.25, 0.3) is 0 Å². The second kappa shape index (κ2) is 4.94. The molecule has 1 aromatic rings. The zero-order chi connectivity index (χ0) is 9.84. The number of ether oxygens (including phenoxy) is 1. The SMILES string of the molecule is CC[CH]Oc1c(Cl)cc(Cl)cc1Cl. The van der Waals surface area contributed by atoms with Crippen LogP contribution < -0.4 is 4.74 Å². The predicted molar refractivity (Wildman–Crippen MR) is 56.7 cm³/mol. The highest BCUT2D eigenvalue weighted by Gasteiger charge is 2.08. The molecule has 71 valence electrons. The second-order valence-electron chi connectivity index (χ2n) is 2.39. The summed E-state index contributed by atoms with van der Waals surface area (Å²) in [6.45, 7) is 3.58. The van der Waals surface area contributed by atoms with E-state index in [1.165, 1.54) is 0 Å². The molecule has 0 N–H and O–H groups in total. The Hall–Kier alpha value is -0.110. The lowest BCUT2D eigenvalue weighted by atomic mass is 10.3. The van der Waals surface area contributed by atoms with E-state index in [4.69, 9.17) is 39.5 Å². The van der Waals surface area contributed by atoms with Gasteiger partial charge in [0.2, 0.25) is 0 Å². The van der Waals surface area contributed by atoms with Crippen LogP contribution in [0.15, 0.2) is 12.1 Å². The van der Waals surface area contributed by atoms with E-state index in [9.17, 15) is 0 Å². The molecular formula is C9H8Cl3O. The van der Waals surface area contributed by atoms with Crippen LogP contribution in [0.2, 0.25) is 15.1 Å². The first-order valence-corrected chi connectivity index (χ1v) is 4.91. The van der Waals surface area contributed by atoms with Crippen molar-refractivity contribution in [2.75, 3.05) is 0 Å². The largest absolute Gasteiger partial charge is 0.483 e. The Morgan fingerprint density at radius 1 is 1.23 bits per heavy atom. The van der Waals surface area contributed by atoms with Crippen molar-refractivity contribution in [3.63, 3.8) is 0 Å². The maximum atomic E-state index is 5.86. The van der Waals surface area contributed by atoms with Gasteiger partial charge in [-0.15, -0.1) is 0 Å². The molecule has 1 radical (unpaired) electrons. The highest BCUT2D eigenvalue weighted by molar-refractivity contribution is 6.40. The molecule has 0 fully saturated rings. The van der Waals surface area contributed by atoms with Crippen LogP contribution in [0, 0.1) is 6.61 Å². The average Bonchev–Trinajstić information content (AvgIpc) is 2.02. The number of rotatable bonds is 3. The highest BCUT2D eigenvalue weighted by Crippen LogP contribution is 2.36. The van der Waals surface area contributed by atoms with Gasteiger partial charge in [0.05, 0.1) is 10.0 Å². The minimum atomic E-state index is 0.419. The van der Waals surface area contributed by atoms with Gasteiger partial charge in [0.15, 0.2) is 5.75 Å². The third-order valence-corrected chi connectivity index (χ3v) is 2.11. The van der Waals surface area contributed by atoms with Gasteiger partial charge in [-0.1, -0.05) is 41.7 Å². The molecule has 0 aliphatic carbocycles. The van der Waals surface area contributed by atoms with Crippen LogP contribution in [0.25, 0.3) is 0 Å². The van der Waals surface area contributed by atoms with Gasteiger partial charge in [-0.3, -0.25) is 0 Å². The van der Waals surface area contributed by atoms with E-state index in [-0.39, 0.29) is 0 Å². The molecule has 1 aromatic carbocycles. The van der Waals surface area contributed by atoms with Crippen molar-refractivity contribution in [3.05, 3.63) is 33.8 Å². The Morgan fingerprint density at radius 3 is 2.23 bits per heavy atom. The van der Waals surface area contributed by atoms with Crippen LogP contribution in [-0.2, 0) is 0 Å². The van der Waals surface area contributed by atoms with Crippen LogP contribution in [0.1, 0.15) is 13.3 Å². The maximum Gasteiger partial charge on any atom is 0.157 e.